The number of nitrogens with zero attached hydrogens (tertiary/aromatic N) is 3. The predicted octanol–water partition coefficient (Wildman–Crippen LogP) is 0.540. The van der Waals surface area contributed by atoms with Crippen LogP contribution in [0.25, 0.3) is 0 Å². The van der Waals surface area contributed by atoms with E-state index in [4.69, 9.17) is 9.88 Å². The van der Waals surface area contributed by atoms with E-state index in [0.717, 1.165) is 19.2 Å². The number of carbonyl (C=O) groups is 1. The summed E-state index contributed by atoms with van der Waals surface area (Å²) in [6.45, 7) is 0.463. The third-order valence-electron chi connectivity index (χ3n) is 4.95. The first kappa shape index (κ1) is 23.6. The minimum Gasteiger partial charge on any atom is -0.465 e. The van der Waals surface area contributed by atoms with Gasteiger partial charge >= 0.3 is 5.97 Å². The van der Waals surface area contributed by atoms with E-state index in [2.05, 4.69) is 0 Å². The van der Waals surface area contributed by atoms with Crippen LogP contribution in [0.1, 0.15) is 10.4 Å². The number of ether oxygens (including phenoxy) is 1. The summed E-state index contributed by atoms with van der Waals surface area (Å²) in [7, 11) is -6.86. The molecule has 0 atom stereocenters. The van der Waals surface area contributed by atoms with Gasteiger partial charge in [0.25, 0.3) is 5.69 Å². The number of methoxy groups -OCH3 is 1. The van der Waals surface area contributed by atoms with Gasteiger partial charge < -0.3 is 9.64 Å². The second kappa shape index (κ2) is 8.82. The van der Waals surface area contributed by atoms with Crippen LogP contribution in [0.5, 0.6) is 0 Å². The number of carbonyl (C=O) groups excluding carboxylic acids is 1. The Hall–Kier alpha value is -3.07. The first-order valence-electron chi connectivity index (χ1n) is 9.20. The number of piperazine rings is 1. The van der Waals surface area contributed by atoms with Gasteiger partial charge in [0.15, 0.2) is 0 Å². The fourth-order valence-corrected chi connectivity index (χ4v) is 5.32. The van der Waals surface area contributed by atoms with Gasteiger partial charge in [-0.15, -0.1) is 0 Å². The molecular formula is C18H20N4O8S2. The normalized spacial score (nSPS) is 15.4. The maximum atomic E-state index is 12.9. The molecule has 1 saturated heterocycles. The molecule has 0 spiro atoms. The van der Waals surface area contributed by atoms with Crippen molar-refractivity contribution in [2.45, 2.75) is 9.79 Å². The van der Waals surface area contributed by atoms with Crippen molar-refractivity contribution in [2.75, 3.05) is 38.2 Å². The lowest BCUT2D eigenvalue weighted by molar-refractivity contribution is -0.385. The number of hydrogen-bond acceptors (Lipinski definition) is 9. The molecule has 2 aromatic carbocycles. The fourth-order valence-electron chi connectivity index (χ4n) is 3.32. The summed E-state index contributed by atoms with van der Waals surface area (Å²) in [5.41, 5.74) is 0.0213. The Kier molecular flexibility index (Phi) is 6.50. The Bertz CT molecular complexity index is 1270. The minimum atomic E-state index is -4.04. The van der Waals surface area contributed by atoms with Gasteiger partial charge in [0.1, 0.15) is 0 Å². The topological polar surface area (TPSA) is 170 Å². The van der Waals surface area contributed by atoms with E-state index in [0.29, 0.717) is 5.69 Å². The summed E-state index contributed by atoms with van der Waals surface area (Å²) in [5.74, 6) is -0.767. The number of anilines is 1. The number of rotatable bonds is 6. The molecule has 0 saturated carbocycles. The van der Waals surface area contributed by atoms with Crippen molar-refractivity contribution in [3.8, 4) is 0 Å². The van der Waals surface area contributed by atoms with Crippen LogP contribution in [0, 0.1) is 10.1 Å². The van der Waals surface area contributed by atoms with Crippen LogP contribution >= 0.6 is 0 Å². The SMILES string of the molecule is COC(=O)c1cc(S(N)(=O)=O)ccc1N1CCN(S(=O)(=O)c2cccc([N+](=O)[O-])c2)CC1. The molecule has 2 aromatic rings. The molecule has 0 aromatic heterocycles. The molecule has 1 aliphatic heterocycles. The molecular weight excluding hydrogens is 464 g/mol. The molecule has 12 nitrogen and oxygen atoms in total. The number of nitrogens with two attached hydrogens (primary N) is 1. The van der Waals surface area contributed by atoms with E-state index >= 15 is 0 Å². The van der Waals surface area contributed by atoms with Gasteiger partial charge in [0.05, 0.1) is 33.1 Å². The van der Waals surface area contributed by atoms with E-state index in [-0.39, 0.29) is 47.2 Å². The van der Waals surface area contributed by atoms with Crippen molar-refractivity contribution >= 4 is 37.4 Å². The van der Waals surface area contributed by atoms with Crippen molar-refractivity contribution in [1.82, 2.24) is 4.31 Å². The smallest absolute Gasteiger partial charge is 0.340 e. The first-order chi connectivity index (χ1) is 14.9. The molecule has 0 amide bonds. The molecule has 172 valence electrons. The van der Waals surface area contributed by atoms with Crippen molar-refractivity contribution in [1.29, 1.82) is 0 Å². The van der Waals surface area contributed by atoms with Gasteiger partial charge in [-0.05, 0) is 24.3 Å². The number of nitro benzene ring substituents is 1. The second-order valence-electron chi connectivity index (χ2n) is 6.86. The van der Waals surface area contributed by atoms with E-state index in [1.54, 1.807) is 4.90 Å². The highest BCUT2D eigenvalue weighted by Gasteiger charge is 2.31. The lowest BCUT2D eigenvalue weighted by Gasteiger charge is -2.36. The second-order valence-corrected chi connectivity index (χ2v) is 10.4. The fraction of sp³-hybridized carbons (Fsp3) is 0.278. The largest absolute Gasteiger partial charge is 0.465 e. The monoisotopic (exact) mass is 484 g/mol. The number of non-ortho nitro benzene ring substituents is 1. The van der Waals surface area contributed by atoms with Crippen LogP contribution in [0.15, 0.2) is 52.3 Å². The van der Waals surface area contributed by atoms with Gasteiger partial charge in [-0.1, -0.05) is 6.07 Å². The van der Waals surface area contributed by atoms with Crippen molar-refractivity contribution in [3.63, 3.8) is 0 Å². The third-order valence-corrected chi connectivity index (χ3v) is 7.75. The van der Waals surface area contributed by atoms with Gasteiger partial charge in [0, 0.05) is 38.3 Å². The Labute approximate surface area is 184 Å². The van der Waals surface area contributed by atoms with Crippen LogP contribution in [-0.4, -0.2) is 65.3 Å². The number of esters is 1. The number of benzene rings is 2. The average Bonchev–Trinajstić information content (AvgIpc) is 2.77. The van der Waals surface area contributed by atoms with Gasteiger partial charge in [-0.3, -0.25) is 10.1 Å². The highest BCUT2D eigenvalue weighted by Crippen LogP contribution is 2.28. The Balaban J connectivity index is 1.85. The van der Waals surface area contributed by atoms with Gasteiger partial charge in [-0.25, -0.2) is 26.8 Å². The Morgan fingerprint density at radius 1 is 1.03 bits per heavy atom. The van der Waals surface area contributed by atoms with Crippen LogP contribution in [0.4, 0.5) is 11.4 Å². The lowest BCUT2D eigenvalue weighted by Crippen LogP contribution is -2.49. The van der Waals surface area contributed by atoms with Crippen LogP contribution in [0.3, 0.4) is 0 Å². The third kappa shape index (κ3) is 4.72. The Morgan fingerprint density at radius 2 is 1.69 bits per heavy atom. The number of nitro groups is 1. The number of hydrogen-bond donors (Lipinski definition) is 1. The van der Waals surface area contributed by atoms with Crippen molar-refractivity contribution in [3.05, 3.63) is 58.1 Å². The standard InChI is InChI=1S/C18H20N4O8S2/c1-30-18(23)16-12-14(31(19,26)27)5-6-17(16)20-7-9-21(10-8-20)32(28,29)15-4-2-3-13(11-15)22(24)25/h2-6,11-12H,7-10H2,1H3,(H2,19,26,27). The number of primary sulfonamides is 1. The lowest BCUT2D eigenvalue weighted by atomic mass is 10.1. The highest BCUT2D eigenvalue weighted by molar-refractivity contribution is 7.89. The zero-order chi connectivity index (χ0) is 23.7. The van der Waals surface area contributed by atoms with Crippen LogP contribution in [-0.2, 0) is 24.8 Å². The van der Waals surface area contributed by atoms with E-state index in [1.807, 2.05) is 0 Å². The predicted molar refractivity (Wildman–Crippen MR) is 113 cm³/mol. The van der Waals surface area contributed by atoms with Crippen LogP contribution < -0.4 is 10.0 Å². The summed E-state index contributed by atoms with van der Waals surface area (Å²) >= 11 is 0. The first-order valence-corrected chi connectivity index (χ1v) is 12.2. The summed E-state index contributed by atoms with van der Waals surface area (Å²) in [4.78, 5) is 23.8. The summed E-state index contributed by atoms with van der Waals surface area (Å²) in [6, 6.07) is 8.58. The maximum Gasteiger partial charge on any atom is 0.340 e. The van der Waals surface area contributed by atoms with Crippen molar-refractivity contribution < 1.29 is 31.3 Å². The maximum absolute atomic E-state index is 12.9. The average molecular weight is 485 g/mol. The Morgan fingerprint density at radius 3 is 2.25 bits per heavy atom. The molecule has 32 heavy (non-hydrogen) atoms. The minimum absolute atomic E-state index is 0.0194. The number of sulfonamides is 2. The molecule has 2 N–H and O–H groups in total. The van der Waals surface area contributed by atoms with E-state index in [9.17, 15) is 31.7 Å². The molecule has 1 heterocycles. The molecule has 1 fully saturated rings. The zero-order valence-corrected chi connectivity index (χ0v) is 18.5. The molecule has 0 unspecified atom stereocenters. The van der Waals surface area contributed by atoms with Gasteiger partial charge in [-0.2, -0.15) is 4.31 Å². The quantitative estimate of drug-likeness (QED) is 0.349. The summed E-state index contributed by atoms with van der Waals surface area (Å²) in [5, 5.41) is 16.1. The molecule has 1 aliphatic rings. The molecule has 3 rings (SSSR count). The van der Waals surface area contributed by atoms with Gasteiger partial charge in [0.2, 0.25) is 20.0 Å². The summed E-state index contributed by atoms with van der Waals surface area (Å²) in [6.07, 6.45) is 0. The van der Waals surface area contributed by atoms with E-state index < -0.39 is 30.9 Å². The molecule has 0 radical (unpaired) electrons. The highest BCUT2D eigenvalue weighted by atomic mass is 32.2. The zero-order valence-electron chi connectivity index (χ0n) is 16.9. The van der Waals surface area contributed by atoms with E-state index in [1.165, 1.54) is 34.6 Å². The van der Waals surface area contributed by atoms with Crippen LogP contribution in [0.2, 0.25) is 0 Å². The van der Waals surface area contributed by atoms with Crippen molar-refractivity contribution in [2.24, 2.45) is 5.14 Å². The summed E-state index contributed by atoms with van der Waals surface area (Å²) < 4.78 is 55.0. The molecule has 14 heteroatoms. The molecule has 0 bridgehead atoms. The molecule has 0 aliphatic carbocycles.